The number of Topliss-reactive ketones (excluding diaryl/α,β-unsaturated/α-hetero) is 1. The van der Waals surface area contributed by atoms with Crippen LogP contribution in [-0.2, 0) is 41.1 Å². The number of halogens is 6. The first kappa shape index (κ1) is 44.1. The van der Waals surface area contributed by atoms with E-state index in [4.69, 9.17) is 25.8 Å². The summed E-state index contributed by atoms with van der Waals surface area (Å²) in [6.07, 6.45) is -5.76. The van der Waals surface area contributed by atoms with Crippen molar-refractivity contribution in [2.75, 3.05) is 13.7 Å². The number of carbonyl (C=O) groups excluding carboxylic acids is 5. The van der Waals surface area contributed by atoms with E-state index in [1.54, 1.807) is 20.8 Å². The summed E-state index contributed by atoms with van der Waals surface area (Å²) in [4.78, 5) is 65.1. The summed E-state index contributed by atoms with van der Waals surface area (Å²) >= 11 is 5.95. The minimum absolute atomic E-state index is 0.00609. The van der Waals surface area contributed by atoms with E-state index >= 15 is 8.78 Å². The number of amides is 3. The van der Waals surface area contributed by atoms with Crippen LogP contribution in [0.2, 0.25) is 5.02 Å². The van der Waals surface area contributed by atoms with Crippen LogP contribution in [0.5, 0.6) is 11.5 Å². The van der Waals surface area contributed by atoms with Crippen molar-refractivity contribution in [2.24, 2.45) is 5.92 Å². The Labute approximate surface area is 319 Å². The Morgan fingerprint density at radius 2 is 1.35 bits per heavy atom. The fourth-order valence-corrected chi connectivity index (χ4v) is 5.31. The Balaban J connectivity index is 1.98. The van der Waals surface area contributed by atoms with Crippen molar-refractivity contribution >= 4 is 41.1 Å². The predicted octanol–water partition coefficient (Wildman–Crippen LogP) is 6.02. The van der Waals surface area contributed by atoms with Crippen LogP contribution < -0.4 is 25.4 Å². The molecule has 3 N–H and O–H groups in total. The Morgan fingerprint density at radius 1 is 0.764 bits per heavy atom. The molecule has 3 aromatic carbocycles. The highest BCUT2D eigenvalue weighted by molar-refractivity contribution is 6.31. The molecule has 0 aromatic heterocycles. The van der Waals surface area contributed by atoms with Gasteiger partial charge in [-0.15, -0.1) is 0 Å². The molecule has 55 heavy (non-hydrogen) atoms. The summed E-state index contributed by atoms with van der Waals surface area (Å²) < 4.78 is 87.1. The Kier molecular flexibility index (Phi) is 14.8. The van der Waals surface area contributed by atoms with Crippen molar-refractivity contribution in [1.29, 1.82) is 0 Å². The number of rotatable bonds is 16. The van der Waals surface area contributed by atoms with Gasteiger partial charge in [-0.1, -0.05) is 67.9 Å². The molecule has 0 aliphatic rings. The predicted molar refractivity (Wildman–Crippen MR) is 190 cm³/mol. The van der Waals surface area contributed by atoms with E-state index in [0.29, 0.717) is 5.75 Å². The maximum absolute atomic E-state index is 15.5. The van der Waals surface area contributed by atoms with Gasteiger partial charge in [-0.25, -0.2) is 4.79 Å². The zero-order chi connectivity index (χ0) is 41.3. The van der Waals surface area contributed by atoms with Crippen molar-refractivity contribution in [3.8, 4) is 11.5 Å². The van der Waals surface area contributed by atoms with E-state index in [2.05, 4.69) is 10.6 Å². The van der Waals surface area contributed by atoms with Crippen LogP contribution in [-0.4, -0.2) is 67.1 Å². The number of carbonyl (C=O) groups is 5. The summed E-state index contributed by atoms with van der Waals surface area (Å²) in [5.74, 6) is -12.0. The second-order valence-corrected chi connectivity index (χ2v) is 14.0. The second-order valence-electron chi connectivity index (χ2n) is 13.6. The van der Waals surface area contributed by atoms with Gasteiger partial charge in [0.25, 0.3) is 11.7 Å². The molecule has 3 rings (SSSR count). The molecule has 0 saturated carbocycles. The molecule has 0 aliphatic heterocycles. The lowest BCUT2D eigenvalue weighted by atomic mass is 9.97. The summed E-state index contributed by atoms with van der Waals surface area (Å²) in [5, 5.41) is 5.97. The number of hydrogen-bond acceptors (Lipinski definition) is 8. The van der Waals surface area contributed by atoms with E-state index in [-0.39, 0.29) is 16.9 Å². The van der Waals surface area contributed by atoms with Crippen molar-refractivity contribution in [2.45, 2.75) is 76.9 Å². The largest absolute Gasteiger partial charge is 0.497 e. The van der Waals surface area contributed by atoms with Crippen molar-refractivity contribution < 1.29 is 60.1 Å². The van der Waals surface area contributed by atoms with E-state index in [9.17, 15) is 37.1 Å². The highest BCUT2D eigenvalue weighted by atomic mass is 35.5. The van der Waals surface area contributed by atoms with Gasteiger partial charge >= 0.3 is 18.1 Å². The summed E-state index contributed by atoms with van der Waals surface area (Å²) in [6, 6.07) is 10.0. The quantitative estimate of drug-likeness (QED) is 0.118. The molecule has 0 aliphatic carbocycles. The van der Waals surface area contributed by atoms with Gasteiger partial charge in [-0.3, -0.25) is 19.2 Å². The number of esters is 1. The number of alkyl halides is 5. The Bertz CT molecular complexity index is 1830. The molecule has 0 bridgehead atoms. The highest BCUT2D eigenvalue weighted by Gasteiger charge is 2.46. The minimum Gasteiger partial charge on any atom is -0.497 e. The van der Waals surface area contributed by atoms with Gasteiger partial charge in [0.2, 0.25) is 11.8 Å². The molecule has 0 unspecified atom stereocenters. The standard InChI is InChI=1S/C38H41ClF5N3O8/c1-21(2)30(32(49)38(42,43)44)46-34(51)31(23-13-17-24(53-6)18-14-23)47-33(50)28(45-35(52)37(40,41)26-9-7-8-10-27(26)39)19-22-11-15-25(16-12-22)54-20-29(48)55-36(3,4)5/h7-18,21,28,30-31H,19-20H2,1-6H3,(H,45,52)(H,46,51)(H,47,50)/t28-,30-,31-/m0/s1. The Morgan fingerprint density at radius 3 is 1.87 bits per heavy atom. The van der Waals surface area contributed by atoms with E-state index in [1.165, 1.54) is 81.6 Å². The normalized spacial score (nSPS) is 13.5. The molecule has 0 fully saturated rings. The lowest BCUT2D eigenvalue weighted by Crippen LogP contribution is -2.56. The zero-order valence-corrected chi connectivity index (χ0v) is 31.4. The highest BCUT2D eigenvalue weighted by Crippen LogP contribution is 2.34. The molecule has 17 heteroatoms. The first-order valence-corrected chi connectivity index (χ1v) is 17.1. The maximum atomic E-state index is 15.5. The smallest absolute Gasteiger partial charge is 0.452 e. The fourth-order valence-electron chi connectivity index (χ4n) is 5.05. The average Bonchev–Trinajstić information content (AvgIpc) is 3.10. The average molecular weight is 798 g/mol. The van der Waals surface area contributed by atoms with Crippen molar-refractivity contribution in [1.82, 2.24) is 16.0 Å². The van der Waals surface area contributed by atoms with E-state index in [1.807, 2.05) is 5.32 Å². The second kappa shape index (κ2) is 18.4. The van der Waals surface area contributed by atoms with Crippen LogP contribution in [0.1, 0.15) is 57.4 Å². The first-order chi connectivity index (χ1) is 25.5. The number of hydrogen-bond donors (Lipinski definition) is 3. The van der Waals surface area contributed by atoms with E-state index < -0.39 is 94.8 Å². The molecule has 3 atom stereocenters. The van der Waals surface area contributed by atoms with Crippen LogP contribution in [0, 0.1) is 5.92 Å². The molecule has 11 nitrogen and oxygen atoms in total. The minimum atomic E-state index is -5.31. The maximum Gasteiger partial charge on any atom is 0.452 e. The van der Waals surface area contributed by atoms with Gasteiger partial charge in [-0.2, -0.15) is 22.0 Å². The van der Waals surface area contributed by atoms with Gasteiger partial charge in [0.1, 0.15) is 29.2 Å². The number of ether oxygens (including phenoxy) is 3. The third kappa shape index (κ3) is 12.7. The molecule has 3 aromatic rings. The number of benzene rings is 3. The fraction of sp³-hybridized carbons (Fsp3) is 0.395. The number of ketones is 1. The number of nitrogens with one attached hydrogen (secondary N) is 3. The third-order valence-corrected chi connectivity index (χ3v) is 8.11. The van der Waals surface area contributed by atoms with Crippen LogP contribution in [0.15, 0.2) is 72.8 Å². The van der Waals surface area contributed by atoms with Gasteiger partial charge in [0, 0.05) is 12.0 Å². The molecule has 0 spiro atoms. The first-order valence-electron chi connectivity index (χ1n) is 16.8. The van der Waals surface area contributed by atoms with Crippen LogP contribution in [0.25, 0.3) is 0 Å². The van der Waals surface area contributed by atoms with Crippen LogP contribution in [0.4, 0.5) is 22.0 Å². The molecule has 3 amide bonds. The SMILES string of the molecule is COc1ccc([C@H](NC(=O)[C@H](Cc2ccc(OCC(=O)OC(C)(C)C)cc2)NC(=O)C(F)(F)c2ccccc2Cl)C(=O)N[C@H](C(=O)C(F)(F)F)C(C)C)cc1. The van der Waals surface area contributed by atoms with E-state index in [0.717, 1.165) is 12.1 Å². The van der Waals surface area contributed by atoms with Crippen LogP contribution >= 0.6 is 11.6 Å². The van der Waals surface area contributed by atoms with Gasteiger partial charge in [-0.05, 0) is 68.1 Å². The number of methoxy groups -OCH3 is 1. The summed E-state index contributed by atoms with van der Waals surface area (Å²) in [7, 11) is 1.35. The van der Waals surface area contributed by atoms with Gasteiger partial charge in [0.15, 0.2) is 6.61 Å². The molecular formula is C38H41ClF5N3O8. The lowest BCUT2D eigenvalue weighted by Gasteiger charge is -2.28. The molecule has 0 saturated heterocycles. The lowest BCUT2D eigenvalue weighted by molar-refractivity contribution is -0.175. The van der Waals surface area contributed by atoms with Crippen LogP contribution in [0.3, 0.4) is 0 Å². The summed E-state index contributed by atoms with van der Waals surface area (Å²) in [5.41, 5.74) is -1.32. The topological polar surface area (TPSA) is 149 Å². The Hall–Kier alpha value is -5.25. The monoisotopic (exact) mass is 797 g/mol. The van der Waals surface area contributed by atoms with Gasteiger partial charge < -0.3 is 30.2 Å². The zero-order valence-electron chi connectivity index (χ0n) is 30.7. The molecule has 0 heterocycles. The third-order valence-electron chi connectivity index (χ3n) is 7.78. The molecule has 0 radical (unpaired) electrons. The van der Waals surface area contributed by atoms with Gasteiger partial charge in [0.05, 0.1) is 18.2 Å². The molecular weight excluding hydrogens is 757 g/mol. The molecule has 298 valence electrons. The van der Waals surface area contributed by atoms with Crippen molar-refractivity contribution in [3.63, 3.8) is 0 Å². The van der Waals surface area contributed by atoms with Crippen molar-refractivity contribution in [3.05, 3.63) is 94.5 Å². The summed E-state index contributed by atoms with van der Waals surface area (Å²) in [6.45, 7) is 7.15.